The highest BCUT2D eigenvalue weighted by Gasteiger charge is 2.27. The van der Waals surface area contributed by atoms with Crippen LogP contribution in [0.5, 0.6) is 0 Å². The molecular formula is C23H38OSi. The van der Waals surface area contributed by atoms with Gasteiger partial charge >= 0.3 is 0 Å². The lowest BCUT2D eigenvalue weighted by molar-refractivity contribution is -0.104. The summed E-state index contributed by atoms with van der Waals surface area (Å²) >= 11 is 0. The number of hydrogen-bond donors (Lipinski definition) is 0. The number of carbonyl (C=O) groups excluding carboxylic acids is 1. The second kappa shape index (κ2) is 13.1. The number of rotatable bonds is 14. The summed E-state index contributed by atoms with van der Waals surface area (Å²) in [7, 11) is -1.69. The van der Waals surface area contributed by atoms with Crippen LogP contribution in [0.3, 0.4) is 0 Å². The number of allylic oxidation sites excluding steroid dienone is 2. The molecule has 1 rings (SSSR count). The molecule has 0 aliphatic carbocycles. The minimum atomic E-state index is -1.69. The van der Waals surface area contributed by atoms with E-state index >= 15 is 0 Å². The van der Waals surface area contributed by atoms with Gasteiger partial charge in [0.2, 0.25) is 0 Å². The normalized spacial score (nSPS) is 12.4. The van der Waals surface area contributed by atoms with Gasteiger partial charge in [-0.05, 0) is 18.9 Å². The lowest BCUT2D eigenvalue weighted by Gasteiger charge is -2.26. The molecule has 0 radical (unpaired) electrons. The van der Waals surface area contributed by atoms with Crippen molar-refractivity contribution < 1.29 is 4.79 Å². The standard InChI is InChI=1S/C23H38OSi/c1-4-5-6-7-8-9-10-11-12-14-19-23(20-21-24)25(2,3)22-17-15-13-16-18-22/h13,15-18,20-21H,4-12,14,19H2,1-3H3/b23-20-. The van der Waals surface area contributed by atoms with Gasteiger partial charge in [0, 0.05) is 0 Å². The summed E-state index contributed by atoms with van der Waals surface area (Å²) in [6.45, 7) is 7.01. The van der Waals surface area contributed by atoms with Crippen LogP contribution in [0.15, 0.2) is 41.6 Å². The fourth-order valence-electron chi connectivity index (χ4n) is 3.53. The molecule has 0 saturated heterocycles. The van der Waals surface area contributed by atoms with Crippen molar-refractivity contribution >= 4 is 19.5 Å². The van der Waals surface area contributed by atoms with E-state index < -0.39 is 8.07 Å². The molecule has 0 bridgehead atoms. The van der Waals surface area contributed by atoms with Gasteiger partial charge in [-0.25, -0.2) is 0 Å². The van der Waals surface area contributed by atoms with E-state index in [1.807, 2.05) is 6.08 Å². The fraction of sp³-hybridized carbons (Fsp3) is 0.609. The van der Waals surface area contributed by atoms with Gasteiger partial charge in [0.25, 0.3) is 0 Å². The maximum absolute atomic E-state index is 11.1. The van der Waals surface area contributed by atoms with E-state index in [2.05, 4.69) is 50.3 Å². The largest absolute Gasteiger partial charge is 0.299 e. The van der Waals surface area contributed by atoms with Gasteiger partial charge in [0.15, 0.2) is 0 Å². The number of aldehydes is 1. The lowest BCUT2D eigenvalue weighted by Crippen LogP contribution is -2.43. The van der Waals surface area contributed by atoms with Gasteiger partial charge in [-0.15, -0.1) is 0 Å². The molecule has 0 N–H and O–H groups in total. The monoisotopic (exact) mass is 358 g/mol. The molecule has 0 unspecified atom stereocenters. The maximum atomic E-state index is 11.1. The van der Waals surface area contributed by atoms with Crippen molar-refractivity contribution in [3.05, 3.63) is 41.6 Å². The molecule has 1 aromatic rings. The molecule has 0 atom stereocenters. The average molecular weight is 359 g/mol. The molecule has 25 heavy (non-hydrogen) atoms. The van der Waals surface area contributed by atoms with Gasteiger partial charge in [0.1, 0.15) is 14.4 Å². The first kappa shape index (κ1) is 21.9. The van der Waals surface area contributed by atoms with Crippen molar-refractivity contribution in [1.29, 1.82) is 0 Å². The Morgan fingerprint density at radius 3 is 1.88 bits per heavy atom. The molecule has 0 aliphatic heterocycles. The minimum absolute atomic E-state index is 0.989. The SMILES string of the molecule is CCCCCCCCCCCC/C(=C/C=O)[Si](C)(C)c1ccccc1. The van der Waals surface area contributed by atoms with Crippen LogP contribution in [-0.4, -0.2) is 14.4 Å². The molecular weight excluding hydrogens is 320 g/mol. The Bertz CT molecular complexity index is 490. The molecule has 1 aromatic carbocycles. The van der Waals surface area contributed by atoms with Crippen molar-refractivity contribution in [1.82, 2.24) is 0 Å². The zero-order valence-electron chi connectivity index (χ0n) is 16.7. The number of carbonyl (C=O) groups is 1. The molecule has 140 valence electrons. The van der Waals surface area contributed by atoms with Crippen LogP contribution in [-0.2, 0) is 4.79 Å². The predicted octanol–water partition coefficient (Wildman–Crippen LogP) is 6.58. The predicted molar refractivity (Wildman–Crippen MR) is 114 cm³/mol. The highest BCUT2D eigenvalue weighted by Crippen LogP contribution is 2.22. The molecule has 0 fully saturated rings. The molecule has 0 aliphatic rings. The van der Waals surface area contributed by atoms with Crippen LogP contribution in [0.25, 0.3) is 0 Å². The maximum Gasteiger partial charge on any atom is 0.142 e. The highest BCUT2D eigenvalue weighted by molar-refractivity contribution is 6.95. The van der Waals surface area contributed by atoms with Gasteiger partial charge < -0.3 is 0 Å². The zero-order chi connectivity index (χ0) is 18.4. The summed E-state index contributed by atoms with van der Waals surface area (Å²) < 4.78 is 0. The van der Waals surface area contributed by atoms with Crippen LogP contribution >= 0.6 is 0 Å². The first-order valence-electron chi connectivity index (χ1n) is 10.3. The van der Waals surface area contributed by atoms with E-state index in [9.17, 15) is 4.79 Å². The summed E-state index contributed by atoms with van der Waals surface area (Å²) in [6.07, 6.45) is 17.5. The summed E-state index contributed by atoms with van der Waals surface area (Å²) in [5.41, 5.74) is 0. The van der Waals surface area contributed by atoms with E-state index in [0.717, 1.165) is 12.7 Å². The van der Waals surface area contributed by atoms with Crippen molar-refractivity contribution in [2.45, 2.75) is 90.6 Å². The van der Waals surface area contributed by atoms with E-state index in [0.29, 0.717) is 0 Å². The lowest BCUT2D eigenvalue weighted by atomic mass is 10.1. The molecule has 0 aromatic heterocycles. The third-order valence-corrected chi connectivity index (χ3v) is 9.17. The summed E-state index contributed by atoms with van der Waals surface area (Å²) in [5.74, 6) is 0. The zero-order valence-corrected chi connectivity index (χ0v) is 17.7. The molecule has 0 spiro atoms. The smallest absolute Gasteiger partial charge is 0.142 e. The molecule has 0 heterocycles. The van der Waals surface area contributed by atoms with Crippen LogP contribution in [0.1, 0.15) is 77.6 Å². The Morgan fingerprint density at radius 1 is 0.840 bits per heavy atom. The average Bonchev–Trinajstić information content (AvgIpc) is 2.63. The van der Waals surface area contributed by atoms with Crippen LogP contribution in [0, 0.1) is 0 Å². The van der Waals surface area contributed by atoms with E-state index in [-0.39, 0.29) is 0 Å². The van der Waals surface area contributed by atoms with Crippen molar-refractivity contribution in [3.63, 3.8) is 0 Å². The quantitative estimate of drug-likeness (QED) is 0.159. The Labute approximate surface area is 156 Å². The molecule has 0 saturated carbocycles. The number of hydrogen-bond acceptors (Lipinski definition) is 1. The second-order valence-electron chi connectivity index (χ2n) is 7.75. The fourth-order valence-corrected chi connectivity index (χ4v) is 6.21. The Morgan fingerprint density at radius 2 is 1.36 bits per heavy atom. The van der Waals surface area contributed by atoms with Crippen LogP contribution < -0.4 is 5.19 Å². The van der Waals surface area contributed by atoms with Crippen molar-refractivity contribution in [2.24, 2.45) is 0 Å². The molecule has 0 amide bonds. The topological polar surface area (TPSA) is 17.1 Å². The Hall–Kier alpha value is -1.15. The van der Waals surface area contributed by atoms with Crippen molar-refractivity contribution in [3.8, 4) is 0 Å². The Kier molecular flexibility index (Phi) is 11.5. The van der Waals surface area contributed by atoms with Gasteiger partial charge in [-0.3, -0.25) is 4.79 Å². The Balaban J connectivity index is 2.30. The third kappa shape index (κ3) is 8.67. The first-order valence-corrected chi connectivity index (χ1v) is 13.3. The highest BCUT2D eigenvalue weighted by atomic mass is 28.3. The van der Waals surface area contributed by atoms with Crippen LogP contribution in [0.4, 0.5) is 0 Å². The van der Waals surface area contributed by atoms with Crippen molar-refractivity contribution in [2.75, 3.05) is 0 Å². The van der Waals surface area contributed by atoms with E-state index in [1.54, 1.807) is 0 Å². The van der Waals surface area contributed by atoms with Gasteiger partial charge in [-0.1, -0.05) is 119 Å². The molecule has 2 heteroatoms. The third-order valence-electron chi connectivity index (χ3n) is 5.37. The summed E-state index contributed by atoms with van der Waals surface area (Å²) in [6, 6.07) is 10.7. The molecule has 1 nitrogen and oxygen atoms in total. The van der Waals surface area contributed by atoms with E-state index in [1.165, 1.54) is 74.6 Å². The first-order chi connectivity index (χ1) is 12.1. The van der Waals surface area contributed by atoms with Crippen LogP contribution in [0.2, 0.25) is 13.1 Å². The summed E-state index contributed by atoms with van der Waals surface area (Å²) in [4.78, 5) is 11.1. The van der Waals surface area contributed by atoms with Gasteiger partial charge in [-0.2, -0.15) is 0 Å². The van der Waals surface area contributed by atoms with E-state index in [4.69, 9.17) is 0 Å². The minimum Gasteiger partial charge on any atom is -0.299 e. The summed E-state index contributed by atoms with van der Waals surface area (Å²) in [5, 5.41) is 2.82. The van der Waals surface area contributed by atoms with Gasteiger partial charge in [0.05, 0.1) is 0 Å². The number of unbranched alkanes of at least 4 members (excludes halogenated alkanes) is 9. The number of benzene rings is 1. The second-order valence-corrected chi connectivity index (χ2v) is 12.2.